The fourth-order valence-electron chi connectivity index (χ4n) is 6.14. The number of nitrogens with two attached hydrogens (primary N) is 1. The van der Waals surface area contributed by atoms with E-state index >= 15 is 0 Å². The number of rotatable bonds is 5. The number of hydrogen-bond donors (Lipinski definition) is 2. The van der Waals surface area contributed by atoms with Gasteiger partial charge in [0.1, 0.15) is 11.6 Å². The van der Waals surface area contributed by atoms with Gasteiger partial charge in [-0.05, 0) is 50.3 Å². The van der Waals surface area contributed by atoms with E-state index in [2.05, 4.69) is 20.4 Å². The Kier molecular flexibility index (Phi) is 10.9. The van der Waals surface area contributed by atoms with Crippen molar-refractivity contribution in [2.24, 2.45) is 18.8 Å². The molecule has 45 heavy (non-hydrogen) atoms. The number of halogens is 6. The Labute approximate surface area is 259 Å². The zero-order valence-electron chi connectivity index (χ0n) is 26.3. The van der Waals surface area contributed by atoms with Crippen molar-refractivity contribution in [2.45, 2.75) is 77.6 Å². The van der Waals surface area contributed by atoms with E-state index in [4.69, 9.17) is 10.6 Å². The standard InChI is InChI=1S/C24H28F6N8.C4H8O.C2H6/c1-12-11-37(6-7-38(12)21-18-20(33-22(34-21)35-31)36(3)13(2)32-18)19(15-9-23(26,27)10-15)14-4-5-16(17(25)8-14)24(28,29)30;1-2-4-5-3-1;1-2/h4-5,8,12,15,19H,6-7,9-11,31H2,1-3H3,(H,33,34,35);1-4H2;1-2H3. The monoisotopic (exact) mass is 644 g/mol. The van der Waals surface area contributed by atoms with E-state index in [1.165, 1.54) is 18.9 Å². The SMILES string of the molecule is C1CCOC1.CC.Cc1nc2c(N3CCN(C(c4ccc(C(F)(F)F)c(F)c4)C4CC(F)(F)C4)CC3C)nc(NN)nc2n1C. The summed E-state index contributed by atoms with van der Waals surface area (Å²) in [4.78, 5) is 17.5. The molecule has 2 aliphatic heterocycles. The third-order valence-electron chi connectivity index (χ3n) is 8.41. The van der Waals surface area contributed by atoms with Gasteiger partial charge in [-0.1, -0.05) is 19.9 Å². The minimum absolute atomic E-state index is 0.183. The number of benzene rings is 1. The Morgan fingerprint density at radius 2 is 1.73 bits per heavy atom. The summed E-state index contributed by atoms with van der Waals surface area (Å²) in [5.41, 5.74) is 2.53. The van der Waals surface area contributed by atoms with Gasteiger partial charge in [-0.3, -0.25) is 10.3 Å². The van der Waals surface area contributed by atoms with E-state index in [1.54, 1.807) is 0 Å². The number of fused-ring (bicyclic) bond motifs is 1. The summed E-state index contributed by atoms with van der Waals surface area (Å²) in [5.74, 6) is 2.32. The van der Waals surface area contributed by atoms with Crippen LogP contribution in [0.2, 0.25) is 0 Å². The second-order valence-electron chi connectivity index (χ2n) is 11.5. The number of imidazole rings is 1. The number of piperazine rings is 1. The number of anilines is 2. The smallest absolute Gasteiger partial charge is 0.381 e. The third kappa shape index (κ3) is 7.63. The number of nitrogens with zero attached hydrogens (tertiary/aromatic N) is 6. The first kappa shape index (κ1) is 34.7. The summed E-state index contributed by atoms with van der Waals surface area (Å²) < 4.78 is 88.4. The molecule has 6 rings (SSSR count). The molecule has 15 heteroatoms. The summed E-state index contributed by atoms with van der Waals surface area (Å²) in [6, 6.07) is 1.90. The first-order chi connectivity index (χ1) is 21.3. The van der Waals surface area contributed by atoms with Crippen LogP contribution in [0.1, 0.15) is 69.4 Å². The molecule has 1 saturated carbocycles. The van der Waals surface area contributed by atoms with Gasteiger partial charge < -0.3 is 14.2 Å². The lowest BCUT2D eigenvalue weighted by atomic mass is 9.73. The van der Waals surface area contributed by atoms with Crippen LogP contribution in [-0.4, -0.2) is 69.2 Å². The first-order valence-electron chi connectivity index (χ1n) is 15.3. The van der Waals surface area contributed by atoms with Crippen LogP contribution < -0.4 is 16.2 Å². The molecule has 1 aliphatic carbocycles. The van der Waals surface area contributed by atoms with E-state index in [0.29, 0.717) is 42.7 Å². The van der Waals surface area contributed by atoms with Gasteiger partial charge in [0.2, 0.25) is 11.9 Å². The Hall–Kier alpha value is -3.17. The maximum atomic E-state index is 14.5. The summed E-state index contributed by atoms with van der Waals surface area (Å²) in [6.45, 7) is 11.0. The van der Waals surface area contributed by atoms with Crippen molar-refractivity contribution in [3.63, 3.8) is 0 Å². The first-order valence-corrected chi connectivity index (χ1v) is 15.3. The molecule has 3 aliphatic rings. The van der Waals surface area contributed by atoms with Crippen molar-refractivity contribution in [1.82, 2.24) is 24.4 Å². The van der Waals surface area contributed by atoms with Crippen molar-refractivity contribution in [3.05, 3.63) is 41.0 Å². The Morgan fingerprint density at radius 3 is 2.24 bits per heavy atom. The van der Waals surface area contributed by atoms with Crippen LogP contribution in [0.25, 0.3) is 11.2 Å². The largest absolute Gasteiger partial charge is 0.419 e. The fourth-order valence-corrected chi connectivity index (χ4v) is 6.14. The Balaban J connectivity index is 0.000000590. The molecule has 2 saturated heterocycles. The second kappa shape index (κ2) is 14.1. The van der Waals surface area contributed by atoms with Crippen LogP contribution in [0.3, 0.4) is 0 Å². The van der Waals surface area contributed by atoms with E-state index in [0.717, 1.165) is 25.1 Å². The zero-order valence-corrected chi connectivity index (χ0v) is 26.3. The highest BCUT2D eigenvalue weighted by Gasteiger charge is 2.51. The fraction of sp³-hybridized carbons (Fsp3) is 0.633. The van der Waals surface area contributed by atoms with Gasteiger partial charge in [0.25, 0.3) is 0 Å². The predicted molar refractivity (Wildman–Crippen MR) is 160 cm³/mol. The zero-order chi connectivity index (χ0) is 33.1. The third-order valence-corrected chi connectivity index (χ3v) is 8.41. The summed E-state index contributed by atoms with van der Waals surface area (Å²) >= 11 is 0. The lowest BCUT2D eigenvalue weighted by Crippen LogP contribution is -2.56. The van der Waals surface area contributed by atoms with E-state index in [1.807, 2.05) is 49.1 Å². The number of nitrogens with one attached hydrogen (secondary N) is 1. The Bertz CT molecular complexity index is 1430. The van der Waals surface area contributed by atoms with Gasteiger partial charge in [0.05, 0.1) is 5.56 Å². The molecule has 3 N–H and O–H groups in total. The van der Waals surface area contributed by atoms with Crippen molar-refractivity contribution >= 4 is 22.9 Å². The summed E-state index contributed by atoms with van der Waals surface area (Å²) in [6.07, 6.45) is -3.09. The number of alkyl halides is 5. The molecule has 0 spiro atoms. The molecule has 4 heterocycles. The highest BCUT2D eigenvalue weighted by molar-refractivity contribution is 5.85. The molecule has 0 radical (unpaired) electrons. The second-order valence-corrected chi connectivity index (χ2v) is 11.5. The minimum Gasteiger partial charge on any atom is -0.381 e. The van der Waals surface area contributed by atoms with Crippen LogP contribution in [0.4, 0.5) is 38.1 Å². The molecule has 2 unspecified atom stereocenters. The van der Waals surface area contributed by atoms with Gasteiger partial charge in [0, 0.05) is 64.8 Å². The topological polar surface area (TPSA) is 97.4 Å². The van der Waals surface area contributed by atoms with Gasteiger partial charge in [0.15, 0.2) is 17.0 Å². The minimum atomic E-state index is -4.84. The molecule has 3 fully saturated rings. The average Bonchev–Trinajstić information content (AvgIpc) is 3.65. The quantitative estimate of drug-likeness (QED) is 0.192. The van der Waals surface area contributed by atoms with E-state index in [-0.39, 0.29) is 17.6 Å². The molecule has 1 aromatic carbocycles. The number of aryl methyl sites for hydroxylation is 2. The van der Waals surface area contributed by atoms with E-state index in [9.17, 15) is 26.3 Å². The molecule has 2 aromatic heterocycles. The van der Waals surface area contributed by atoms with Crippen LogP contribution in [0, 0.1) is 18.7 Å². The maximum absolute atomic E-state index is 14.5. The summed E-state index contributed by atoms with van der Waals surface area (Å²) in [5, 5.41) is 0. The molecule has 250 valence electrons. The molecule has 0 amide bonds. The van der Waals surface area contributed by atoms with Crippen molar-refractivity contribution < 1.29 is 31.1 Å². The van der Waals surface area contributed by atoms with Crippen molar-refractivity contribution in [2.75, 3.05) is 43.2 Å². The normalized spacial score (nSPS) is 21.0. The van der Waals surface area contributed by atoms with E-state index < -0.39 is 48.3 Å². The highest BCUT2D eigenvalue weighted by Crippen LogP contribution is 2.51. The number of hydrogen-bond acceptors (Lipinski definition) is 8. The molecule has 3 aromatic rings. The van der Waals surface area contributed by atoms with Gasteiger partial charge in [-0.25, -0.2) is 24.0 Å². The summed E-state index contributed by atoms with van der Waals surface area (Å²) in [7, 11) is 1.82. The highest BCUT2D eigenvalue weighted by atomic mass is 19.4. The van der Waals surface area contributed by atoms with Crippen LogP contribution >= 0.6 is 0 Å². The van der Waals surface area contributed by atoms with Crippen LogP contribution in [-0.2, 0) is 18.0 Å². The lowest BCUT2D eigenvalue weighted by molar-refractivity contribution is -0.140. The maximum Gasteiger partial charge on any atom is 0.419 e. The van der Waals surface area contributed by atoms with Crippen LogP contribution in [0.15, 0.2) is 18.2 Å². The number of ether oxygens (including phenoxy) is 1. The number of hydrazine groups is 1. The van der Waals surface area contributed by atoms with Crippen LogP contribution in [0.5, 0.6) is 0 Å². The van der Waals surface area contributed by atoms with Gasteiger partial charge in [-0.15, -0.1) is 0 Å². The molecule has 0 bridgehead atoms. The lowest BCUT2D eigenvalue weighted by Gasteiger charge is -2.49. The molecule has 9 nitrogen and oxygen atoms in total. The van der Waals surface area contributed by atoms with Gasteiger partial charge >= 0.3 is 6.18 Å². The Morgan fingerprint density at radius 1 is 1.07 bits per heavy atom. The number of aromatic nitrogens is 4. The predicted octanol–water partition coefficient (Wildman–Crippen LogP) is 6.24. The van der Waals surface area contributed by atoms with Crippen molar-refractivity contribution in [1.29, 1.82) is 0 Å². The molecular formula is C30H42F6N8O. The van der Waals surface area contributed by atoms with Crippen molar-refractivity contribution in [3.8, 4) is 0 Å². The average molecular weight is 645 g/mol. The number of nitrogen functional groups attached to an aromatic ring is 1. The molecule has 2 atom stereocenters. The van der Waals surface area contributed by atoms with Gasteiger partial charge in [-0.2, -0.15) is 23.1 Å². The molecular weight excluding hydrogens is 602 g/mol.